The molecule has 0 N–H and O–H groups in total. The van der Waals surface area contributed by atoms with Crippen molar-refractivity contribution in [2.24, 2.45) is 0 Å². The average Bonchev–Trinajstić information content (AvgIpc) is 3.46. The first kappa shape index (κ1) is 18.3. The van der Waals surface area contributed by atoms with Gasteiger partial charge in [0.25, 0.3) is 5.89 Å². The maximum absolute atomic E-state index is 6.06. The molecule has 0 amide bonds. The zero-order chi connectivity index (χ0) is 20.5. The Balaban J connectivity index is 1.37. The first-order chi connectivity index (χ1) is 14.7. The van der Waals surface area contributed by atoms with Crippen LogP contribution in [-0.4, -0.2) is 39.4 Å². The van der Waals surface area contributed by atoms with Crippen LogP contribution in [-0.2, 0) is 17.9 Å². The molecule has 152 valence electrons. The largest absolute Gasteiger partial charge is 0.497 e. The molecule has 0 spiro atoms. The van der Waals surface area contributed by atoms with Gasteiger partial charge < -0.3 is 18.7 Å². The molecule has 30 heavy (non-hydrogen) atoms. The molecule has 9 heteroatoms. The highest BCUT2D eigenvalue weighted by molar-refractivity contribution is 5.59. The minimum atomic E-state index is -0.113. The maximum Gasteiger partial charge on any atom is 0.258 e. The van der Waals surface area contributed by atoms with Crippen LogP contribution in [0.1, 0.15) is 17.4 Å². The molecule has 5 rings (SSSR count). The van der Waals surface area contributed by atoms with E-state index in [4.69, 9.17) is 18.7 Å². The fraction of sp³-hybridized carbons (Fsp3) is 0.238. The normalized spacial score (nSPS) is 15.6. The molecule has 1 unspecified atom stereocenters. The van der Waals surface area contributed by atoms with E-state index >= 15 is 0 Å². The number of aromatic nitrogens is 5. The van der Waals surface area contributed by atoms with Gasteiger partial charge in [0.05, 0.1) is 33.1 Å². The summed E-state index contributed by atoms with van der Waals surface area (Å²) in [5.74, 6) is 2.35. The number of rotatable bonds is 5. The molecule has 9 nitrogen and oxygen atoms in total. The summed E-state index contributed by atoms with van der Waals surface area (Å²) in [6.45, 7) is 0.906. The first-order valence-corrected chi connectivity index (χ1v) is 9.41. The summed E-state index contributed by atoms with van der Waals surface area (Å²) in [6, 6.07) is 15.2. The number of hydrogen-bond acceptors (Lipinski definition) is 8. The topological polar surface area (TPSA) is 97.3 Å². The Morgan fingerprint density at radius 2 is 1.67 bits per heavy atom. The van der Waals surface area contributed by atoms with Crippen LogP contribution >= 0.6 is 0 Å². The molecular weight excluding hydrogens is 386 g/mol. The number of fused-ring (bicyclic) bond motifs is 1. The summed E-state index contributed by atoms with van der Waals surface area (Å²) < 4.78 is 23.7. The zero-order valence-electron chi connectivity index (χ0n) is 16.5. The second-order valence-corrected chi connectivity index (χ2v) is 6.79. The number of ether oxygens (including phenoxy) is 3. The van der Waals surface area contributed by atoms with Gasteiger partial charge in [-0.25, -0.2) is 4.68 Å². The molecule has 0 aliphatic carbocycles. The lowest BCUT2D eigenvalue weighted by atomic mass is 10.1. The summed E-state index contributed by atoms with van der Waals surface area (Å²) in [5, 5.41) is 12.6. The third kappa shape index (κ3) is 3.29. The summed E-state index contributed by atoms with van der Waals surface area (Å²) in [5.41, 5.74) is 3.24. The van der Waals surface area contributed by atoms with Crippen molar-refractivity contribution in [2.45, 2.75) is 19.3 Å². The quantitative estimate of drug-likeness (QED) is 0.499. The van der Waals surface area contributed by atoms with Crippen molar-refractivity contribution in [1.29, 1.82) is 0 Å². The summed E-state index contributed by atoms with van der Waals surface area (Å²) >= 11 is 0. The highest BCUT2D eigenvalue weighted by Crippen LogP contribution is 2.31. The monoisotopic (exact) mass is 405 g/mol. The minimum Gasteiger partial charge on any atom is -0.497 e. The van der Waals surface area contributed by atoms with E-state index in [9.17, 15) is 0 Å². The lowest BCUT2D eigenvalue weighted by Gasteiger charge is -2.24. The lowest BCUT2D eigenvalue weighted by molar-refractivity contribution is -0.00114. The van der Waals surface area contributed by atoms with E-state index in [2.05, 4.69) is 20.5 Å². The number of benzene rings is 2. The van der Waals surface area contributed by atoms with Gasteiger partial charge in [0.2, 0.25) is 5.82 Å². The van der Waals surface area contributed by atoms with Crippen LogP contribution < -0.4 is 9.47 Å². The Morgan fingerprint density at radius 3 is 2.37 bits per heavy atom. The van der Waals surface area contributed by atoms with E-state index in [-0.39, 0.29) is 6.10 Å². The van der Waals surface area contributed by atoms with Crippen LogP contribution in [0.2, 0.25) is 0 Å². The van der Waals surface area contributed by atoms with Gasteiger partial charge in [-0.15, -0.1) is 5.10 Å². The molecule has 1 atom stereocenters. The highest BCUT2D eigenvalue weighted by atomic mass is 16.5. The molecule has 0 bridgehead atoms. The summed E-state index contributed by atoms with van der Waals surface area (Å²) in [6.07, 6.45) is -0.113. The predicted octanol–water partition coefficient (Wildman–Crippen LogP) is 3.28. The highest BCUT2D eigenvalue weighted by Gasteiger charge is 2.27. The third-order valence-corrected chi connectivity index (χ3v) is 5.06. The van der Waals surface area contributed by atoms with Gasteiger partial charge in [-0.05, 0) is 42.0 Å². The molecule has 1 aliphatic rings. The Morgan fingerprint density at radius 1 is 0.967 bits per heavy atom. The molecule has 0 radical (unpaired) electrons. The summed E-state index contributed by atoms with van der Waals surface area (Å²) in [4.78, 5) is 4.48. The first-order valence-electron chi connectivity index (χ1n) is 9.41. The molecule has 2 aromatic heterocycles. The van der Waals surface area contributed by atoms with Crippen LogP contribution in [0.4, 0.5) is 0 Å². The van der Waals surface area contributed by atoms with E-state index in [1.807, 2.05) is 53.2 Å². The minimum absolute atomic E-state index is 0.113. The van der Waals surface area contributed by atoms with E-state index < -0.39 is 0 Å². The van der Waals surface area contributed by atoms with Gasteiger partial charge in [0, 0.05) is 5.56 Å². The molecule has 0 saturated heterocycles. The van der Waals surface area contributed by atoms with Crippen LogP contribution in [0.5, 0.6) is 11.5 Å². The van der Waals surface area contributed by atoms with E-state index in [1.165, 1.54) is 0 Å². The Bertz CT molecular complexity index is 1150. The molecule has 2 aromatic carbocycles. The molecular formula is C21H19N5O4. The van der Waals surface area contributed by atoms with Crippen molar-refractivity contribution in [3.05, 3.63) is 59.8 Å². The van der Waals surface area contributed by atoms with E-state index in [1.54, 1.807) is 14.2 Å². The molecule has 1 aliphatic heterocycles. The number of hydrogen-bond donors (Lipinski definition) is 0. The Kier molecular flexibility index (Phi) is 4.64. The van der Waals surface area contributed by atoms with E-state index in [0.717, 1.165) is 28.3 Å². The molecule has 0 saturated carbocycles. The fourth-order valence-corrected chi connectivity index (χ4v) is 3.38. The van der Waals surface area contributed by atoms with Crippen molar-refractivity contribution in [1.82, 2.24) is 25.1 Å². The average molecular weight is 405 g/mol. The van der Waals surface area contributed by atoms with Crippen LogP contribution in [0.15, 0.2) is 53.1 Å². The Hall–Kier alpha value is -3.72. The van der Waals surface area contributed by atoms with Gasteiger partial charge in [-0.3, -0.25) is 0 Å². The molecule has 3 heterocycles. The number of nitrogens with zero attached hydrogens (tertiary/aromatic N) is 5. The van der Waals surface area contributed by atoms with Gasteiger partial charge >= 0.3 is 0 Å². The van der Waals surface area contributed by atoms with Crippen LogP contribution in [0, 0.1) is 0 Å². The van der Waals surface area contributed by atoms with Gasteiger partial charge in [-0.2, -0.15) is 4.98 Å². The van der Waals surface area contributed by atoms with Crippen molar-refractivity contribution in [3.8, 4) is 34.5 Å². The lowest BCUT2D eigenvalue weighted by Crippen LogP contribution is -2.22. The van der Waals surface area contributed by atoms with Crippen molar-refractivity contribution >= 4 is 0 Å². The van der Waals surface area contributed by atoms with Crippen molar-refractivity contribution in [2.75, 3.05) is 14.2 Å². The van der Waals surface area contributed by atoms with Crippen LogP contribution in [0.25, 0.3) is 23.0 Å². The van der Waals surface area contributed by atoms with E-state index in [0.29, 0.717) is 30.6 Å². The second kappa shape index (κ2) is 7.60. The number of methoxy groups -OCH3 is 2. The van der Waals surface area contributed by atoms with Gasteiger partial charge in [0.1, 0.15) is 17.6 Å². The Labute approximate surface area is 172 Å². The van der Waals surface area contributed by atoms with Crippen LogP contribution in [0.3, 0.4) is 0 Å². The van der Waals surface area contributed by atoms with Crippen molar-refractivity contribution in [3.63, 3.8) is 0 Å². The predicted molar refractivity (Wildman–Crippen MR) is 106 cm³/mol. The van der Waals surface area contributed by atoms with Gasteiger partial charge in [0.15, 0.2) is 5.69 Å². The second-order valence-electron chi connectivity index (χ2n) is 6.79. The molecule has 0 fully saturated rings. The standard InChI is InChI=1S/C21H19N5O4/c1-27-15-7-3-13(4-8-15)18-11-26-17(12-29-18)19(23-25-26)20-22-21(30-24-20)14-5-9-16(28-2)10-6-14/h3-10,18H,11-12H2,1-2H3. The third-order valence-electron chi connectivity index (χ3n) is 5.06. The smallest absolute Gasteiger partial charge is 0.258 e. The molecule has 4 aromatic rings. The maximum atomic E-state index is 6.06. The van der Waals surface area contributed by atoms with Gasteiger partial charge in [-0.1, -0.05) is 22.5 Å². The fourth-order valence-electron chi connectivity index (χ4n) is 3.38. The SMILES string of the molecule is COc1ccc(-c2nc(-c3nnn4c3COC(c3ccc(OC)cc3)C4)no2)cc1. The summed E-state index contributed by atoms with van der Waals surface area (Å²) in [7, 11) is 3.27. The zero-order valence-corrected chi connectivity index (χ0v) is 16.5. The van der Waals surface area contributed by atoms with Crippen molar-refractivity contribution < 1.29 is 18.7 Å².